The van der Waals surface area contributed by atoms with Crippen molar-refractivity contribution in [3.05, 3.63) is 70.9 Å². The van der Waals surface area contributed by atoms with E-state index in [1.54, 1.807) is 0 Å². The first-order chi connectivity index (χ1) is 13.4. The minimum Gasteiger partial charge on any atom is -0.462 e. The largest absolute Gasteiger partial charge is 0.462 e. The standard InChI is InChI=1S/C18H13F4NO5S/c1-29(25,26)28-13-7-6-11(19)8-12(13)14-15(24)16(27-17(14)23)9-2-4-10(5-3-9)18(20,21)22/h2-8,16H,23H2,1H3. The average Bonchev–Trinajstić information content (AvgIpc) is 2.89. The molecule has 2 aromatic rings. The fourth-order valence-corrected chi connectivity index (χ4v) is 3.23. The maximum atomic E-state index is 13.7. The van der Waals surface area contributed by atoms with Crippen LogP contribution in [0.2, 0.25) is 0 Å². The van der Waals surface area contributed by atoms with Crippen LogP contribution in [0.1, 0.15) is 22.8 Å². The smallest absolute Gasteiger partial charge is 0.416 e. The Kier molecular flexibility index (Phi) is 5.03. The lowest BCUT2D eigenvalue weighted by Gasteiger charge is -2.12. The van der Waals surface area contributed by atoms with Gasteiger partial charge in [-0.1, -0.05) is 12.1 Å². The van der Waals surface area contributed by atoms with Crippen LogP contribution in [-0.2, 0) is 25.8 Å². The lowest BCUT2D eigenvalue weighted by Crippen LogP contribution is -2.12. The predicted octanol–water partition coefficient (Wildman–Crippen LogP) is 3.15. The van der Waals surface area contributed by atoms with Crippen molar-refractivity contribution in [3.63, 3.8) is 0 Å². The van der Waals surface area contributed by atoms with Crippen molar-refractivity contribution in [1.29, 1.82) is 0 Å². The Morgan fingerprint density at radius 3 is 2.28 bits per heavy atom. The number of benzene rings is 2. The number of carbonyl (C=O) groups excluding carboxylic acids is 1. The molecule has 2 N–H and O–H groups in total. The summed E-state index contributed by atoms with van der Waals surface area (Å²) in [5, 5.41) is 0. The summed E-state index contributed by atoms with van der Waals surface area (Å²) in [6, 6.07) is 6.45. The Morgan fingerprint density at radius 2 is 1.72 bits per heavy atom. The molecule has 6 nitrogen and oxygen atoms in total. The highest BCUT2D eigenvalue weighted by Gasteiger charge is 2.38. The molecule has 0 radical (unpaired) electrons. The van der Waals surface area contributed by atoms with Crippen molar-refractivity contribution in [3.8, 4) is 5.75 Å². The van der Waals surface area contributed by atoms with Gasteiger partial charge in [-0.15, -0.1) is 0 Å². The summed E-state index contributed by atoms with van der Waals surface area (Å²) in [5.41, 5.74) is 4.31. The van der Waals surface area contributed by atoms with Crippen LogP contribution in [0, 0.1) is 5.82 Å². The zero-order chi connectivity index (χ0) is 21.6. The minimum atomic E-state index is -4.55. The molecule has 1 heterocycles. The SMILES string of the molecule is CS(=O)(=O)Oc1ccc(F)cc1C1=C(N)OC(c2ccc(C(F)(F)F)cc2)C1=O. The van der Waals surface area contributed by atoms with Gasteiger partial charge in [-0.05, 0) is 30.3 Å². The molecule has 0 amide bonds. The molecule has 0 fully saturated rings. The van der Waals surface area contributed by atoms with Gasteiger partial charge in [0, 0.05) is 11.1 Å². The average molecular weight is 431 g/mol. The quantitative estimate of drug-likeness (QED) is 0.590. The number of carbonyl (C=O) groups is 1. The first-order valence-electron chi connectivity index (χ1n) is 7.94. The number of nitrogens with two attached hydrogens (primary N) is 1. The molecule has 0 aliphatic carbocycles. The van der Waals surface area contributed by atoms with Gasteiger partial charge < -0.3 is 14.7 Å². The third kappa shape index (κ3) is 4.34. The summed E-state index contributed by atoms with van der Waals surface area (Å²) >= 11 is 0. The molecule has 0 saturated carbocycles. The van der Waals surface area contributed by atoms with Crippen molar-refractivity contribution in [2.45, 2.75) is 12.3 Å². The second-order valence-corrected chi connectivity index (χ2v) is 7.72. The van der Waals surface area contributed by atoms with Crippen LogP contribution in [0.4, 0.5) is 17.6 Å². The number of alkyl halides is 3. The second kappa shape index (κ2) is 7.07. The predicted molar refractivity (Wildman–Crippen MR) is 93.3 cm³/mol. The van der Waals surface area contributed by atoms with E-state index >= 15 is 0 Å². The van der Waals surface area contributed by atoms with Gasteiger partial charge in [0.2, 0.25) is 5.78 Å². The summed E-state index contributed by atoms with van der Waals surface area (Å²) < 4.78 is 84.8. The van der Waals surface area contributed by atoms with E-state index in [1.165, 1.54) is 0 Å². The van der Waals surface area contributed by atoms with E-state index in [4.69, 9.17) is 14.7 Å². The van der Waals surface area contributed by atoms with Gasteiger partial charge >= 0.3 is 16.3 Å². The number of rotatable bonds is 4. The van der Waals surface area contributed by atoms with Gasteiger partial charge in [-0.3, -0.25) is 4.79 Å². The molecular weight excluding hydrogens is 418 g/mol. The number of ether oxygens (including phenoxy) is 1. The molecule has 1 aliphatic rings. The molecule has 0 aromatic heterocycles. The number of Topliss-reactive ketones (excluding diaryl/α,β-unsaturated/α-hetero) is 1. The van der Waals surface area contributed by atoms with Crippen LogP contribution < -0.4 is 9.92 Å². The van der Waals surface area contributed by atoms with Crippen molar-refractivity contribution in [2.75, 3.05) is 6.26 Å². The molecule has 29 heavy (non-hydrogen) atoms. The van der Waals surface area contributed by atoms with Crippen molar-refractivity contribution in [2.24, 2.45) is 5.73 Å². The van der Waals surface area contributed by atoms with Gasteiger partial charge in [0.05, 0.1) is 17.4 Å². The summed E-state index contributed by atoms with van der Waals surface area (Å²) in [7, 11) is -4.01. The van der Waals surface area contributed by atoms with Crippen LogP contribution in [-0.4, -0.2) is 20.5 Å². The topological polar surface area (TPSA) is 95.7 Å². The Labute approximate surface area is 162 Å². The normalized spacial score (nSPS) is 17.4. The summed E-state index contributed by atoms with van der Waals surface area (Å²) in [5.74, 6) is -2.38. The van der Waals surface area contributed by atoms with Gasteiger partial charge in [0.1, 0.15) is 5.82 Å². The van der Waals surface area contributed by atoms with E-state index in [2.05, 4.69) is 0 Å². The molecule has 154 valence electrons. The number of ketones is 1. The summed E-state index contributed by atoms with van der Waals surface area (Å²) in [4.78, 5) is 12.8. The Hall–Kier alpha value is -3.08. The molecule has 0 spiro atoms. The van der Waals surface area contributed by atoms with Crippen LogP contribution >= 0.6 is 0 Å². The van der Waals surface area contributed by atoms with E-state index in [0.29, 0.717) is 0 Å². The third-order valence-corrected chi connectivity index (χ3v) is 4.45. The summed E-state index contributed by atoms with van der Waals surface area (Å²) in [6.45, 7) is 0. The molecule has 2 aromatic carbocycles. The van der Waals surface area contributed by atoms with E-state index in [1.807, 2.05) is 0 Å². The van der Waals surface area contributed by atoms with Crippen LogP contribution in [0.5, 0.6) is 5.75 Å². The molecule has 1 aliphatic heterocycles. The third-order valence-electron chi connectivity index (χ3n) is 3.97. The number of halogens is 4. The minimum absolute atomic E-state index is 0.0861. The van der Waals surface area contributed by atoms with E-state index in [0.717, 1.165) is 48.7 Å². The first kappa shape index (κ1) is 20.6. The monoisotopic (exact) mass is 431 g/mol. The molecule has 11 heteroatoms. The van der Waals surface area contributed by atoms with Crippen molar-refractivity contribution >= 4 is 21.5 Å². The highest BCUT2D eigenvalue weighted by Crippen LogP contribution is 2.40. The lowest BCUT2D eigenvalue weighted by atomic mass is 9.96. The Bertz CT molecular complexity index is 1110. The summed E-state index contributed by atoms with van der Waals surface area (Å²) in [6.07, 6.45) is -5.17. The molecule has 3 rings (SSSR count). The highest BCUT2D eigenvalue weighted by atomic mass is 32.2. The Morgan fingerprint density at radius 1 is 1.10 bits per heavy atom. The van der Waals surface area contributed by atoms with Crippen LogP contribution in [0.15, 0.2) is 48.3 Å². The fraction of sp³-hybridized carbons (Fsp3) is 0.167. The molecule has 1 unspecified atom stereocenters. The number of hydrogen-bond donors (Lipinski definition) is 1. The van der Waals surface area contributed by atoms with Gasteiger partial charge in [0.25, 0.3) is 0 Å². The maximum Gasteiger partial charge on any atom is 0.416 e. The van der Waals surface area contributed by atoms with Crippen molar-refractivity contribution < 1.29 is 39.7 Å². The molecule has 0 saturated heterocycles. The van der Waals surface area contributed by atoms with Gasteiger partial charge in [0.15, 0.2) is 17.7 Å². The van der Waals surface area contributed by atoms with Crippen LogP contribution in [0.3, 0.4) is 0 Å². The van der Waals surface area contributed by atoms with Gasteiger partial charge in [-0.2, -0.15) is 21.6 Å². The highest BCUT2D eigenvalue weighted by molar-refractivity contribution is 7.86. The van der Waals surface area contributed by atoms with Gasteiger partial charge in [-0.25, -0.2) is 4.39 Å². The molecule has 0 bridgehead atoms. The lowest BCUT2D eigenvalue weighted by molar-refractivity contribution is -0.137. The zero-order valence-electron chi connectivity index (χ0n) is 14.7. The van der Waals surface area contributed by atoms with Crippen LogP contribution in [0.25, 0.3) is 5.57 Å². The zero-order valence-corrected chi connectivity index (χ0v) is 15.5. The molecule has 1 atom stereocenters. The Balaban J connectivity index is 1.98. The second-order valence-electron chi connectivity index (χ2n) is 6.15. The molecular formula is C18H13F4NO5S. The van der Waals surface area contributed by atoms with Crippen molar-refractivity contribution in [1.82, 2.24) is 0 Å². The van der Waals surface area contributed by atoms with E-state index in [9.17, 15) is 30.8 Å². The fourth-order valence-electron chi connectivity index (χ4n) is 2.76. The van der Waals surface area contributed by atoms with E-state index in [-0.39, 0.29) is 22.4 Å². The first-order valence-corrected chi connectivity index (χ1v) is 9.75. The number of hydrogen-bond acceptors (Lipinski definition) is 6. The van der Waals surface area contributed by atoms with E-state index < -0.39 is 45.4 Å². The maximum absolute atomic E-state index is 13.7.